The molecule has 2 aromatic rings. The van der Waals surface area contributed by atoms with Gasteiger partial charge in [-0.2, -0.15) is 0 Å². The van der Waals surface area contributed by atoms with Crippen LogP contribution in [0.25, 0.3) is 11.1 Å². The normalized spacial score (nSPS) is 19.6. The van der Waals surface area contributed by atoms with Gasteiger partial charge in [-0.15, -0.1) is 0 Å². The highest BCUT2D eigenvalue weighted by Crippen LogP contribution is 2.37. The summed E-state index contributed by atoms with van der Waals surface area (Å²) in [5, 5.41) is 5.39. The largest absolute Gasteiger partial charge is 0.354 e. The second-order valence-electron chi connectivity index (χ2n) is 7.90. The monoisotopic (exact) mass is 464 g/mol. The molecule has 2 aromatic carbocycles. The number of rotatable bonds is 8. The molecule has 0 spiro atoms. The molecule has 1 aliphatic rings. The molecule has 2 unspecified atom stereocenters. The molecule has 0 radical (unpaired) electrons. The highest BCUT2D eigenvalue weighted by molar-refractivity contribution is 5.82. The first-order chi connectivity index (χ1) is 15.7. The van der Waals surface area contributed by atoms with Crippen LogP contribution < -0.4 is 10.6 Å². The minimum Gasteiger partial charge on any atom is -0.354 e. The molecule has 0 saturated heterocycles. The smallest absolute Gasteiger partial charge is 0.237 e. The lowest BCUT2D eigenvalue weighted by Crippen LogP contribution is -2.44. The molecule has 33 heavy (non-hydrogen) atoms. The summed E-state index contributed by atoms with van der Waals surface area (Å²) in [6.45, 7) is 1.77. The second-order valence-corrected chi connectivity index (χ2v) is 7.90. The van der Waals surface area contributed by atoms with Gasteiger partial charge in [-0.1, -0.05) is 48.5 Å². The van der Waals surface area contributed by atoms with Crippen LogP contribution in [0.5, 0.6) is 0 Å². The van der Waals surface area contributed by atoms with E-state index in [0.29, 0.717) is 6.42 Å². The molecular formula is C25H25F5N2O. The molecule has 0 fully saturated rings. The van der Waals surface area contributed by atoms with Crippen molar-refractivity contribution in [3.8, 4) is 11.1 Å². The summed E-state index contributed by atoms with van der Waals surface area (Å²) < 4.78 is 67.7. The number of halogens is 5. The lowest BCUT2D eigenvalue weighted by molar-refractivity contribution is -0.123. The van der Waals surface area contributed by atoms with E-state index in [1.165, 1.54) is 0 Å². The Kier molecular flexibility index (Phi) is 8.02. The third-order valence-corrected chi connectivity index (χ3v) is 5.72. The maximum atomic E-state index is 13.9. The summed E-state index contributed by atoms with van der Waals surface area (Å²) in [5.74, 6) is -6.30. The SMILES string of the molecule is CN[C@@H](Cc1ccc(-c2ccccc2C)cc1)C(=O)NCCC1=C(F)C(F)=C(F)C(F)C1F. The molecule has 1 amide bonds. The third kappa shape index (κ3) is 5.50. The van der Waals surface area contributed by atoms with Crippen molar-refractivity contribution in [1.29, 1.82) is 0 Å². The van der Waals surface area contributed by atoms with Gasteiger partial charge in [-0.3, -0.25) is 4.79 Å². The molecule has 2 N–H and O–H groups in total. The Morgan fingerprint density at radius 1 is 0.970 bits per heavy atom. The fourth-order valence-electron chi connectivity index (χ4n) is 3.76. The van der Waals surface area contributed by atoms with Gasteiger partial charge in [0.2, 0.25) is 5.91 Å². The molecule has 0 aliphatic heterocycles. The van der Waals surface area contributed by atoms with Gasteiger partial charge in [-0.25, -0.2) is 22.0 Å². The fraction of sp³-hybridized carbons (Fsp3) is 0.320. The number of alkyl halides is 2. The standard InChI is InChI=1S/C25H25F5N2O/c1-14-5-3-4-6-17(14)16-9-7-15(8-10-16)13-19(31-2)25(33)32-12-11-18-20(26)22(28)24(30)23(29)21(18)27/h3-10,19-20,22,31H,11-13H2,1-2H3,(H,32,33)/t19-,20?,22?/m0/s1. The van der Waals surface area contributed by atoms with Crippen molar-refractivity contribution in [3.63, 3.8) is 0 Å². The fourth-order valence-corrected chi connectivity index (χ4v) is 3.76. The highest BCUT2D eigenvalue weighted by Gasteiger charge is 2.39. The van der Waals surface area contributed by atoms with Gasteiger partial charge in [0, 0.05) is 12.1 Å². The number of hydrogen-bond acceptors (Lipinski definition) is 2. The molecule has 1 aliphatic carbocycles. The summed E-state index contributed by atoms with van der Waals surface area (Å²) in [6.07, 6.45) is -5.65. The Morgan fingerprint density at radius 2 is 1.64 bits per heavy atom. The lowest BCUT2D eigenvalue weighted by atomic mass is 9.96. The molecule has 0 saturated carbocycles. The number of nitrogens with one attached hydrogen (secondary N) is 2. The summed E-state index contributed by atoms with van der Waals surface area (Å²) in [5.41, 5.74) is 3.37. The zero-order chi connectivity index (χ0) is 24.1. The van der Waals surface area contributed by atoms with Crippen molar-refractivity contribution in [2.75, 3.05) is 13.6 Å². The predicted molar refractivity (Wildman–Crippen MR) is 118 cm³/mol. The highest BCUT2D eigenvalue weighted by atomic mass is 19.2. The lowest BCUT2D eigenvalue weighted by Gasteiger charge is -2.22. The van der Waals surface area contributed by atoms with Crippen molar-refractivity contribution in [2.24, 2.45) is 0 Å². The number of benzene rings is 2. The van der Waals surface area contributed by atoms with Gasteiger partial charge in [-0.05, 0) is 49.1 Å². The van der Waals surface area contributed by atoms with Crippen molar-refractivity contribution in [3.05, 3.63) is 82.7 Å². The molecule has 176 valence electrons. The minimum absolute atomic E-state index is 0.256. The van der Waals surface area contributed by atoms with Crippen molar-refractivity contribution in [2.45, 2.75) is 38.2 Å². The average molecular weight is 464 g/mol. The van der Waals surface area contributed by atoms with Crippen molar-refractivity contribution in [1.82, 2.24) is 10.6 Å². The first-order valence-corrected chi connectivity index (χ1v) is 10.6. The van der Waals surface area contributed by atoms with Crippen molar-refractivity contribution < 1.29 is 26.7 Å². The predicted octanol–water partition coefficient (Wildman–Crippen LogP) is 5.36. The first-order valence-electron chi connectivity index (χ1n) is 10.6. The second kappa shape index (κ2) is 10.7. The Balaban J connectivity index is 1.59. The van der Waals surface area contributed by atoms with E-state index in [0.717, 1.165) is 22.3 Å². The van der Waals surface area contributed by atoms with Crippen LogP contribution in [0, 0.1) is 6.92 Å². The van der Waals surface area contributed by atoms with Crippen LogP contribution in [0.15, 0.2) is 71.6 Å². The van der Waals surface area contributed by atoms with E-state index in [4.69, 9.17) is 0 Å². The average Bonchev–Trinajstić information content (AvgIpc) is 2.82. The van der Waals surface area contributed by atoms with Crippen LogP contribution in [0.1, 0.15) is 17.5 Å². The van der Waals surface area contributed by atoms with E-state index in [-0.39, 0.29) is 6.54 Å². The van der Waals surface area contributed by atoms with Gasteiger partial charge in [0.05, 0.1) is 6.04 Å². The molecule has 0 bridgehead atoms. The summed E-state index contributed by atoms with van der Waals surface area (Å²) in [7, 11) is 1.60. The third-order valence-electron chi connectivity index (χ3n) is 5.72. The van der Waals surface area contributed by atoms with E-state index in [2.05, 4.69) is 10.6 Å². The van der Waals surface area contributed by atoms with Crippen molar-refractivity contribution >= 4 is 5.91 Å². The first kappa shape index (κ1) is 24.6. The van der Waals surface area contributed by atoms with Crippen LogP contribution in [-0.4, -0.2) is 37.9 Å². The Hall–Kier alpha value is -3.00. The molecule has 3 rings (SSSR count). The summed E-state index contributed by atoms with van der Waals surface area (Å²) in [6, 6.07) is 15.1. The number of aryl methyl sites for hydroxylation is 1. The zero-order valence-electron chi connectivity index (χ0n) is 18.3. The van der Waals surface area contributed by atoms with Crippen LogP contribution in [0.4, 0.5) is 22.0 Å². The Morgan fingerprint density at radius 3 is 2.27 bits per heavy atom. The molecule has 0 aromatic heterocycles. The Bertz CT molecular complexity index is 1060. The molecule has 3 atom stereocenters. The van der Waals surface area contributed by atoms with Gasteiger partial charge >= 0.3 is 0 Å². The summed E-state index contributed by atoms with van der Waals surface area (Å²) >= 11 is 0. The van der Waals surface area contributed by atoms with E-state index in [1.807, 2.05) is 55.5 Å². The number of likely N-dealkylation sites (N-methyl/N-ethyl adjacent to an activating group) is 1. The van der Waals surface area contributed by atoms with E-state index >= 15 is 0 Å². The number of hydrogen-bond donors (Lipinski definition) is 2. The summed E-state index contributed by atoms with van der Waals surface area (Å²) in [4.78, 5) is 12.5. The number of carbonyl (C=O) groups excluding carboxylic acids is 1. The number of amides is 1. The van der Waals surface area contributed by atoms with E-state index in [9.17, 15) is 26.7 Å². The van der Waals surface area contributed by atoms with E-state index in [1.54, 1.807) is 7.05 Å². The maximum Gasteiger partial charge on any atom is 0.237 e. The zero-order valence-corrected chi connectivity index (χ0v) is 18.3. The van der Waals surface area contributed by atoms with Crippen LogP contribution in [0.3, 0.4) is 0 Å². The number of allylic oxidation sites excluding steroid dienone is 3. The quantitative estimate of drug-likeness (QED) is 0.517. The molecule has 0 heterocycles. The molecule has 3 nitrogen and oxygen atoms in total. The van der Waals surface area contributed by atoms with Crippen LogP contribution in [0.2, 0.25) is 0 Å². The van der Waals surface area contributed by atoms with Gasteiger partial charge in [0.15, 0.2) is 29.8 Å². The van der Waals surface area contributed by atoms with Crippen LogP contribution in [-0.2, 0) is 11.2 Å². The Labute approximate surface area is 189 Å². The van der Waals surface area contributed by atoms with Crippen LogP contribution >= 0.6 is 0 Å². The number of carbonyl (C=O) groups is 1. The van der Waals surface area contributed by atoms with Gasteiger partial charge in [0.1, 0.15) is 0 Å². The molecule has 8 heteroatoms. The topological polar surface area (TPSA) is 41.1 Å². The van der Waals surface area contributed by atoms with Gasteiger partial charge < -0.3 is 10.6 Å². The maximum absolute atomic E-state index is 13.9. The van der Waals surface area contributed by atoms with E-state index < -0.39 is 53.8 Å². The van der Waals surface area contributed by atoms with Gasteiger partial charge in [0.25, 0.3) is 0 Å². The molecular weight excluding hydrogens is 439 g/mol. The minimum atomic E-state index is -2.89.